The van der Waals surface area contributed by atoms with Gasteiger partial charge in [-0.1, -0.05) is 46.4 Å². The Bertz CT molecular complexity index is 537. The van der Waals surface area contributed by atoms with Gasteiger partial charge in [-0.05, 0) is 19.1 Å². The first kappa shape index (κ1) is 15.2. The summed E-state index contributed by atoms with van der Waals surface area (Å²) in [5, 5.41) is 0. The lowest BCUT2D eigenvalue weighted by Crippen LogP contribution is -2.37. The molecule has 0 radical (unpaired) electrons. The van der Waals surface area contributed by atoms with Crippen molar-refractivity contribution in [2.45, 2.75) is 11.8 Å². The Morgan fingerprint density at radius 1 is 1.39 bits per heavy atom. The van der Waals surface area contributed by atoms with Gasteiger partial charge in [-0.25, -0.2) is 12.7 Å². The van der Waals surface area contributed by atoms with E-state index in [0.717, 1.165) is 9.87 Å². The van der Waals surface area contributed by atoms with Crippen LogP contribution in [0, 0.1) is 6.92 Å². The molecule has 0 saturated carbocycles. The lowest BCUT2D eigenvalue weighted by molar-refractivity contribution is -0.123. The van der Waals surface area contributed by atoms with Gasteiger partial charge in [0.05, 0.1) is 15.9 Å². The zero-order valence-electron chi connectivity index (χ0n) is 9.97. The van der Waals surface area contributed by atoms with Crippen molar-refractivity contribution in [1.29, 1.82) is 0 Å². The average Bonchev–Trinajstić information content (AvgIpc) is 2.35. The van der Waals surface area contributed by atoms with Gasteiger partial charge in [0.15, 0.2) is 0 Å². The van der Waals surface area contributed by atoms with E-state index in [1.165, 1.54) is 18.2 Å². The maximum absolute atomic E-state index is 12.3. The minimum absolute atomic E-state index is 0.0158. The molecule has 0 spiro atoms. The summed E-state index contributed by atoms with van der Waals surface area (Å²) in [6.07, 6.45) is 1.40. The molecule has 0 bridgehead atoms. The standard InChI is InChI=1S/C12H14INO3S/c1-3-8-14(12(15)9-13)18(16,17)11-6-4-10(2)5-7-11/h3-7H,1,8-9H2,2H3. The van der Waals surface area contributed by atoms with E-state index in [1.54, 1.807) is 12.1 Å². The number of benzene rings is 1. The summed E-state index contributed by atoms with van der Waals surface area (Å²) >= 11 is 1.84. The predicted molar refractivity (Wildman–Crippen MR) is 79.2 cm³/mol. The molecule has 1 amide bonds. The molecule has 0 atom stereocenters. The Kier molecular flexibility index (Phi) is 5.33. The number of carbonyl (C=O) groups excluding carboxylic acids is 1. The van der Waals surface area contributed by atoms with Crippen molar-refractivity contribution < 1.29 is 13.2 Å². The molecule has 18 heavy (non-hydrogen) atoms. The number of rotatable bonds is 5. The van der Waals surface area contributed by atoms with Gasteiger partial charge in [-0.15, -0.1) is 6.58 Å². The topological polar surface area (TPSA) is 54.5 Å². The van der Waals surface area contributed by atoms with E-state index < -0.39 is 15.9 Å². The monoisotopic (exact) mass is 379 g/mol. The fraction of sp³-hybridized carbons (Fsp3) is 0.250. The smallest absolute Gasteiger partial charge is 0.266 e. The third-order valence-electron chi connectivity index (χ3n) is 2.30. The van der Waals surface area contributed by atoms with Crippen LogP contribution in [0.5, 0.6) is 0 Å². The van der Waals surface area contributed by atoms with Crippen molar-refractivity contribution >= 4 is 38.5 Å². The van der Waals surface area contributed by atoms with Crippen LogP contribution in [0.15, 0.2) is 41.8 Å². The van der Waals surface area contributed by atoms with Gasteiger partial charge in [-0.2, -0.15) is 0 Å². The van der Waals surface area contributed by atoms with Crippen LogP contribution in [0.1, 0.15) is 5.56 Å². The number of alkyl halides is 1. The molecule has 4 nitrogen and oxygen atoms in total. The zero-order chi connectivity index (χ0) is 13.8. The summed E-state index contributed by atoms with van der Waals surface area (Å²) in [7, 11) is -3.78. The Hall–Kier alpha value is -0.890. The normalized spacial score (nSPS) is 11.0. The molecular weight excluding hydrogens is 365 g/mol. The first-order valence-corrected chi connectivity index (χ1v) is 8.19. The van der Waals surface area contributed by atoms with Crippen LogP contribution >= 0.6 is 22.6 Å². The molecule has 0 unspecified atom stereocenters. The summed E-state index contributed by atoms with van der Waals surface area (Å²) in [5.41, 5.74) is 0.962. The van der Waals surface area contributed by atoms with Crippen LogP contribution in [-0.2, 0) is 14.8 Å². The molecule has 1 rings (SSSR count). The highest BCUT2D eigenvalue weighted by atomic mass is 127. The number of aryl methyl sites for hydroxylation is 1. The van der Waals surface area contributed by atoms with Crippen molar-refractivity contribution in [2.24, 2.45) is 0 Å². The van der Waals surface area contributed by atoms with Gasteiger partial charge in [0.1, 0.15) is 0 Å². The van der Waals surface area contributed by atoms with Gasteiger partial charge < -0.3 is 0 Å². The van der Waals surface area contributed by atoms with Crippen molar-refractivity contribution in [1.82, 2.24) is 4.31 Å². The van der Waals surface area contributed by atoms with E-state index in [0.29, 0.717) is 0 Å². The van der Waals surface area contributed by atoms with E-state index >= 15 is 0 Å². The Labute approximate surface area is 121 Å². The first-order valence-electron chi connectivity index (χ1n) is 5.22. The highest BCUT2D eigenvalue weighted by molar-refractivity contribution is 14.1. The Balaban J connectivity index is 3.20. The molecule has 0 fully saturated rings. The first-order chi connectivity index (χ1) is 8.43. The van der Waals surface area contributed by atoms with Crippen LogP contribution in [0.25, 0.3) is 0 Å². The largest absolute Gasteiger partial charge is 0.273 e. The predicted octanol–water partition coefficient (Wildman–Crippen LogP) is 2.13. The zero-order valence-corrected chi connectivity index (χ0v) is 12.9. The number of nitrogens with zero attached hydrogens (tertiary/aromatic N) is 1. The van der Waals surface area contributed by atoms with Crippen LogP contribution in [0.4, 0.5) is 0 Å². The summed E-state index contributed by atoms with van der Waals surface area (Å²) in [4.78, 5) is 11.8. The number of amides is 1. The number of hydrogen-bond acceptors (Lipinski definition) is 3. The molecule has 0 saturated heterocycles. The SMILES string of the molecule is C=CCN(C(=O)CI)S(=O)(=O)c1ccc(C)cc1. The van der Waals surface area contributed by atoms with Crippen molar-refractivity contribution in [2.75, 3.05) is 11.0 Å². The number of halogens is 1. The molecule has 6 heteroatoms. The molecule has 0 aliphatic heterocycles. The van der Waals surface area contributed by atoms with Crippen LogP contribution in [-0.4, -0.2) is 29.6 Å². The molecular formula is C12H14INO3S. The Morgan fingerprint density at radius 2 is 1.94 bits per heavy atom. The second-order valence-electron chi connectivity index (χ2n) is 3.67. The minimum atomic E-state index is -3.78. The summed E-state index contributed by atoms with van der Waals surface area (Å²) in [6, 6.07) is 6.41. The minimum Gasteiger partial charge on any atom is -0.273 e. The fourth-order valence-electron chi connectivity index (χ4n) is 1.36. The number of sulfonamides is 1. The van der Waals surface area contributed by atoms with E-state index in [4.69, 9.17) is 0 Å². The van der Waals surface area contributed by atoms with Gasteiger partial charge in [-0.3, -0.25) is 4.79 Å². The third-order valence-corrected chi connectivity index (χ3v) is 4.75. The molecule has 0 aliphatic carbocycles. The summed E-state index contributed by atoms with van der Waals surface area (Å²) < 4.78 is 25.5. The number of carbonyl (C=O) groups is 1. The van der Waals surface area contributed by atoms with Crippen molar-refractivity contribution in [3.05, 3.63) is 42.5 Å². The molecule has 1 aromatic carbocycles. The van der Waals surface area contributed by atoms with Gasteiger partial charge in [0.2, 0.25) is 5.91 Å². The van der Waals surface area contributed by atoms with Gasteiger partial charge >= 0.3 is 0 Å². The molecule has 0 N–H and O–H groups in total. The lowest BCUT2D eigenvalue weighted by Gasteiger charge is -2.20. The molecule has 0 heterocycles. The molecule has 0 aromatic heterocycles. The highest BCUT2D eigenvalue weighted by Gasteiger charge is 2.27. The van der Waals surface area contributed by atoms with Crippen molar-refractivity contribution in [3.63, 3.8) is 0 Å². The molecule has 0 aliphatic rings. The van der Waals surface area contributed by atoms with Crippen molar-refractivity contribution in [3.8, 4) is 0 Å². The second-order valence-corrected chi connectivity index (χ2v) is 6.29. The Morgan fingerprint density at radius 3 is 2.39 bits per heavy atom. The van der Waals surface area contributed by atoms with E-state index in [1.807, 2.05) is 29.5 Å². The second kappa shape index (κ2) is 6.33. The lowest BCUT2D eigenvalue weighted by atomic mass is 10.2. The number of hydrogen-bond donors (Lipinski definition) is 0. The van der Waals surface area contributed by atoms with Gasteiger partial charge in [0.25, 0.3) is 10.0 Å². The van der Waals surface area contributed by atoms with Crippen LogP contribution in [0.3, 0.4) is 0 Å². The maximum Gasteiger partial charge on any atom is 0.266 e. The third kappa shape index (κ3) is 3.32. The van der Waals surface area contributed by atoms with E-state index in [2.05, 4.69) is 6.58 Å². The quantitative estimate of drug-likeness (QED) is 0.448. The average molecular weight is 379 g/mol. The fourth-order valence-corrected chi connectivity index (χ4v) is 3.37. The van der Waals surface area contributed by atoms with E-state index in [9.17, 15) is 13.2 Å². The maximum atomic E-state index is 12.3. The van der Waals surface area contributed by atoms with Gasteiger partial charge in [0, 0.05) is 0 Å². The van der Waals surface area contributed by atoms with Crippen LogP contribution < -0.4 is 0 Å². The van der Waals surface area contributed by atoms with E-state index in [-0.39, 0.29) is 15.9 Å². The molecule has 98 valence electrons. The molecule has 1 aromatic rings. The summed E-state index contributed by atoms with van der Waals surface area (Å²) in [6.45, 7) is 5.33. The summed E-state index contributed by atoms with van der Waals surface area (Å²) in [5.74, 6) is -0.448. The van der Waals surface area contributed by atoms with Crippen LogP contribution in [0.2, 0.25) is 0 Å². The highest BCUT2D eigenvalue weighted by Crippen LogP contribution is 2.17.